The standard InChI is InChI=1S/C19H27N5O4S.HI/c1-4-21-19(23-13-15-7-8-17(27-2)18(12-15)28-3)22-10-11-24-29(25,26)16-6-5-9-20-14-16;/h5-9,12,14,24H,4,10-11,13H2,1-3H3,(H2,21,22,23);1H. The molecule has 1 aromatic carbocycles. The molecule has 2 aromatic rings. The zero-order chi connectivity index (χ0) is 21.1. The van der Waals surface area contributed by atoms with Crippen LogP contribution in [0.3, 0.4) is 0 Å². The second-order valence-corrected chi connectivity index (χ2v) is 7.66. The number of nitrogens with one attached hydrogen (secondary N) is 3. The number of hydrogen-bond acceptors (Lipinski definition) is 6. The molecule has 0 amide bonds. The van der Waals surface area contributed by atoms with Gasteiger partial charge in [-0.2, -0.15) is 0 Å². The summed E-state index contributed by atoms with van der Waals surface area (Å²) >= 11 is 0. The molecule has 0 aliphatic rings. The van der Waals surface area contributed by atoms with Gasteiger partial charge in [0.1, 0.15) is 4.90 Å². The van der Waals surface area contributed by atoms with Crippen molar-refractivity contribution in [2.24, 2.45) is 4.99 Å². The molecule has 3 N–H and O–H groups in total. The average molecular weight is 549 g/mol. The van der Waals surface area contributed by atoms with Gasteiger partial charge < -0.3 is 20.1 Å². The molecule has 30 heavy (non-hydrogen) atoms. The molecule has 0 saturated carbocycles. The third kappa shape index (κ3) is 7.95. The van der Waals surface area contributed by atoms with Crippen LogP contribution in [-0.4, -0.2) is 53.2 Å². The van der Waals surface area contributed by atoms with Crippen molar-refractivity contribution in [3.63, 3.8) is 0 Å². The van der Waals surface area contributed by atoms with Gasteiger partial charge in [0.2, 0.25) is 10.0 Å². The second-order valence-electron chi connectivity index (χ2n) is 5.90. The van der Waals surface area contributed by atoms with E-state index >= 15 is 0 Å². The summed E-state index contributed by atoms with van der Waals surface area (Å²) in [6.45, 7) is 3.64. The quantitative estimate of drug-likeness (QED) is 0.179. The lowest BCUT2D eigenvalue weighted by atomic mass is 10.2. The number of benzene rings is 1. The fraction of sp³-hybridized carbons (Fsp3) is 0.368. The first-order valence-corrected chi connectivity index (χ1v) is 10.6. The van der Waals surface area contributed by atoms with Gasteiger partial charge >= 0.3 is 0 Å². The zero-order valence-electron chi connectivity index (χ0n) is 17.2. The average Bonchev–Trinajstić information content (AvgIpc) is 2.75. The molecule has 2 rings (SSSR count). The highest BCUT2D eigenvalue weighted by Gasteiger charge is 2.12. The molecular formula is C19H28IN5O4S. The Labute approximate surface area is 194 Å². The lowest BCUT2D eigenvalue weighted by Crippen LogP contribution is -2.41. The largest absolute Gasteiger partial charge is 0.493 e. The van der Waals surface area contributed by atoms with Gasteiger partial charge in [-0.15, -0.1) is 24.0 Å². The van der Waals surface area contributed by atoms with Crippen molar-refractivity contribution < 1.29 is 17.9 Å². The van der Waals surface area contributed by atoms with Crippen LogP contribution in [-0.2, 0) is 16.6 Å². The summed E-state index contributed by atoms with van der Waals surface area (Å²) in [6, 6.07) is 8.69. The van der Waals surface area contributed by atoms with E-state index < -0.39 is 10.0 Å². The lowest BCUT2D eigenvalue weighted by molar-refractivity contribution is 0.354. The molecule has 0 radical (unpaired) electrons. The van der Waals surface area contributed by atoms with Crippen molar-refractivity contribution in [2.45, 2.75) is 18.4 Å². The van der Waals surface area contributed by atoms with E-state index in [9.17, 15) is 8.42 Å². The highest BCUT2D eigenvalue weighted by molar-refractivity contribution is 14.0. The van der Waals surface area contributed by atoms with Crippen molar-refractivity contribution in [1.82, 2.24) is 20.3 Å². The van der Waals surface area contributed by atoms with E-state index in [2.05, 4.69) is 25.3 Å². The molecule has 0 aliphatic heterocycles. The van der Waals surface area contributed by atoms with Crippen molar-refractivity contribution >= 4 is 40.0 Å². The number of sulfonamides is 1. The van der Waals surface area contributed by atoms with E-state index in [1.807, 2.05) is 25.1 Å². The minimum atomic E-state index is -3.58. The molecule has 0 saturated heterocycles. The summed E-state index contributed by atoms with van der Waals surface area (Å²) in [7, 11) is -0.404. The molecule has 1 aromatic heterocycles. The Morgan fingerprint density at radius 1 is 1.10 bits per heavy atom. The molecule has 0 unspecified atom stereocenters. The topological polar surface area (TPSA) is 114 Å². The third-order valence-electron chi connectivity index (χ3n) is 3.87. The van der Waals surface area contributed by atoms with Crippen molar-refractivity contribution in [3.05, 3.63) is 48.3 Å². The molecule has 9 nitrogen and oxygen atoms in total. The van der Waals surface area contributed by atoms with Gasteiger partial charge in [0, 0.05) is 32.0 Å². The fourth-order valence-corrected chi connectivity index (χ4v) is 3.44. The van der Waals surface area contributed by atoms with Crippen LogP contribution in [0.4, 0.5) is 0 Å². The highest BCUT2D eigenvalue weighted by atomic mass is 127. The van der Waals surface area contributed by atoms with Crippen LogP contribution in [0.15, 0.2) is 52.6 Å². The van der Waals surface area contributed by atoms with E-state index in [1.165, 1.54) is 18.5 Å². The summed E-state index contributed by atoms with van der Waals surface area (Å²) in [5, 5.41) is 6.24. The Hall–Kier alpha value is -2.12. The predicted octanol–water partition coefficient (Wildman–Crippen LogP) is 1.75. The van der Waals surface area contributed by atoms with Gasteiger partial charge in [0.05, 0.1) is 20.8 Å². The first-order valence-electron chi connectivity index (χ1n) is 9.13. The number of ether oxygens (including phenoxy) is 2. The van der Waals surface area contributed by atoms with E-state index in [1.54, 1.807) is 20.3 Å². The molecule has 0 spiro atoms. The smallest absolute Gasteiger partial charge is 0.242 e. The van der Waals surface area contributed by atoms with Gasteiger partial charge in [0.25, 0.3) is 0 Å². The first-order chi connectivity index (χ1) is 14.0. The number of aliphatic imine (C=N–C) groups is 1. The van der Waals surface area contributed by atoms with Crippen molar-refractivity contribution in [2.75, 3.05) is 33.9 Å². The van der Waals surface area contributed by atoms with Gasteiger partial charge in [-0.3, -0.25) is 4.98 Å². The summed E-state index contributed by atoms with van der Waals surface area (Å²) in [5.41, 5.74) is 0.956. The Morgan fingerprint density at radius 3 is 2.50 bits per heavy atom. The van der Waals surface area contributed by atoms with E-state index in [0.29, 0.717) is 37.1 Å². The minimum Gasteiger partial charge on any atom is -0.493 e. The summed E-state index contributed by atoms with van der Waals surface area (Å²) < 4.78 is 37.4. The van der Waals surface area contributed by atoms with Crippen LogP contribution < -0.4 is 24.8 Å². The first kappa shape index (κ1) is 25.9. The Balaban J connectivity index is 0.00000450. The molecule has 0 bridgehead atoms. The number of pyridine rings is 1. The number of halogens is 1. The summed E-state index contributed by atoms with van der Waals surface area (Å²) in [4.78, 5) is 8.48. The number of guanidine groups is 1. The SMILES string of the molecule is CCNC(=NCc1ccc(OC)c(OC)c1)NCCNS(=O)(=O)c1cccnc1.I. The Morgan fingerprint density at radius 2 is 1.87 bits per heavy atom. The summed E-state index contributed by atoms with van der Waals surface area (Å²) in [6.07, 6.45) is 2.84. The number of hydrogen-bond donors (Lipinski definition) is 3. The summed E-state index contributed by atoms with van der Waals surface area (Å²) in [5.74, 6) is 1.89. The number of aromatic nitrogens is 1. The van der Waals surface area contributed by atoms with Gasteiger partial charge in [-0.25, -0.2) is 18.1 Å². The second kappa shape index (κ2) is 13.2. The maximum Gasteiger partial charge on any atom is 0.242 e. The third-order valence-corrected chi connectivity index (χ3v) is 5.31. The maximum atomic E-state index is 12.2. The van der Waals surface area contributed by atoms with Crippen molar-refractivity contribution in [3.8, 4) is 11.5 Å². The van der Waals surface area contributed by atoms with Crippen LogP contribution in [0.2, 0.25) is 0 Å². The monoisotopic (exact) mass is 549 g/mol. The van der Waals surface area contributed by atoms with E-state index in [-0.39, 0.29) is 35.4 Å². The number of nitrogens with zero attached hydrogens (tertiary/aromatic N) is 2. The zero-order valence-corrected chi connectivity index (χ0v) is 20.4. The van der Waals surface area contributed by atoms with E-state index in [0.717, 1.165) is 5.56 Å². The maximum absolute atomic E-state index is 12.2. The minimum absolute atomic E-state index is 0. The fourth-order valence-electron chi connectivity index (χ4n) is 2.45. The van der Waals surface area contributed by atoms with E-state index in [4.69, 9.17) is 9.47 Å². The number of rotatable bonds is 10. The van der Waals surface area contributed by atoms with Crippen LogP contribution in [0.25, 0.3) is 0 Å². The molecular weight excluding hydrogens is 521 g/mol. The van der Waals surface area contributed by atoms with Gasteiger partial charge in [-0.05, 0) is 36.8 Å². The molecule has 166 valence electrons. The molecule has 0 fully saturated rings. The van der Waals surface area contributed by atoms with Gasteiger partial charge in [-0.1, -0.05) is 6.07 Å². The molecule has 0 atom stereocenters. The molecule has 11 heteroatoms. The molecule has 1 heterocycles. The van der Waals surface area contributed by atoms with Crippen LogP contribution in [0.5, 0.6) is 11.5 Å². The normalized spacial score (nSPS) is 11.4. The van der Waals surface area contributed by atoms with Crippen LogP contribution in [0.1, 0.15) is 12.5 Å². The Bertz CT molecular complexity index is 910. The predicted molar refractivity (Wildman–Crippen MR) is 127 cm³/mol. The van der Waals surface area contributed by atoms with Crippen LogP contribution in [0, 0.1) is 0 Å². The van der Waals surface area contributed by atoms with Gasteiger partial charge in [0.15, 0.2) is 17.5 Å². The lowest BCUT2D eigenvalue weighted by Gasteiger charge is -2.13. The van der Waals surface area contributed by atoms with Crippen LogP contribution >= 0.6 is 24.0 Å². The molecule has 0 aliphatic carbocycles. The highest BCUT2D eigenvalue weighted by Crippen LogP contribution is 2.27. The Kier molecular flexibility index (Phi) is 11.4. The number of methoxy groups -OCH3 is 2. The van der Waals surface area contributed by atoms with Crippen molar-refractivity contribution in [1.29, 1.82) is 0 Å².